The van der Waals surface area contributed by atoms with Crippen molar-refractivity contribution < 1.29 is 0 Å². The second-order valence-corrected chi connectivity index (χ2v) is 9.07. The molecule has 0 aliphatic heterocycles. The minimum atomic E-state index is 0.466. The van der Waals surface area contributed by atoms with Crippen molar-refractivity contribution in [2.24, 2.45) is 10.8 Å². The van der Waals surface area contributed by atoms with Crippen LogP contribution in [0.25, 0.3) is 0 Å². The van der Waals surface area contributed by atoms with E-state index in [4.69, 9.17) is 0 Å². The van der Waals surface area contributed by atoms with Crippen LogP contribution in [0.5, 0.6) is 0 Å². The standard InChI is InChI=1S/C20H31N/c1-14-6-7-15-8-9-18(17(15)10-14)21-16-11-19(2,3)13-20(4,5)12-16/h6-7,10,16,18,21H,8-9,11-13H2,1-5H3. The summed E-state index contributed by atoms with van der Waals surface area (Å²) in [5.41, 5.74) is 5.45. The van der Waals surface area contributed by atoms with E-state index in [-0.39, 0.29) is 0 Å². The molecule has 1 N–H and O–H groups in total. The van der Waals surface area contributed by atoms with Gasteiger partial charge in [-0.25, -0.2) is 0 Å². The minimum absolute atomic E-state index is 0.466. The first kappa shape index (κ1) is 15.1. The molecule has 0 radical (unpaired) electrons. The summed E-state index contributed by atoms with van der Waals surface area (Å²) in [6, 6.07) is 8.24. The molecule has 0 saturated heterocycles. The first-order valence-corrected chi connectivity index (χ1v) is 8.60. The van der Waals surface area contributed by atoms with Crippen LogP contribution in [0.3, 0.4) is 0 Å². The zero-order valence-corrected chi connectivity index (χ0v) is 14.4. The zero-order chi connectivity index (χ0) is 15.3. The number of hydrogen-bond acceptors (Lipinski definition) is 1. The lowest BCUT2D eigenvalue weighted by Crippen LogP contribution is -2.44. The molecule has 1 atom stereocenters. The summed E-state index contributed by atoms with van der Waals surface area (Å²) in [4.78, 5) is 0. The molecule has 0 bridgehead atoms. The summed E-state index contributed by atoms with van der Waals surface area (Å²) in [5.74, 6) is 0. The van der Waals surface area contributed by atoms with E-state index in [1.165, 1.54) is 37.7 Å². The number of aryl methyl sites for hydroxylation is 2. The van der Waals surface area contributed by atoms with Crippen LogP contribution in [-0.4, -0.2) is 6.04 Å². The van der Waals surface area contributed by atoms with E-state index in [2.05, 4.69) is 58.1 Å². The Morgan fingerprint density at radius 1 is 1.05 bits per heavy atom. The van der Waals surface area contributed by atoms with Gasteiger partial charge in [0.2, 0.25) is 0 Å². The molecule has 0 heterocycles. The van der Waals surface area contributed by atoms with Crippen LogP contribution >= 0.6 is 0 Å². The summed E-state index contributed by atoms with van der Waals surface area (Å²) < 4.78 is 0. The third kappa shape index (κ3) is 3.34. The Hall–Kier alpha value is -0.820. The van der Waals surface area contributed by atoms with Crippen LogP contribution in [0.15, 0.2) is 18.2 Å². The molecule has 0 aromatic heterocycles. The topological polar surface area (TPSA) is 12.0 Å². The van der Waals surface area contributed by atoms with Crippen LogP contribution in [0.2, 0.25) is 0 Å². The summed E-state index contributed by atoms with van der Waals surface area (Å²) in [6.07, 6.45) is 6.49. The molecular formula is C20H31N. The second kappa shape index (κ2) is 5.12. The number of hydrogen-bond donors (Lipinski definition) is 1. The predicted molar refractivity (Wildman–Crippen MR) is 90.6 cm³/mol. The lowest BCUT2D eigenvalue weighted by atomic mass is 9.63. The fourth-order valence-electron chi connectivity index (χ4n) is 5.14. The quantitative estimate of drug-likeness (QED) is 0.789. The van der Waals surface area contributed by atoms with E-state index in [1.54, 1.807) is 11.1 Å². The Bertz CT molecular complexity index is 511. The number of rotatable bonds is 2. The van der Waals surface area contributed by atoms with Crippen molar-refractivity contribution in [3.63, 3.8) is 0 Å². The van der Waals surface area contributed by atoms with Gasteiger partial charge in [-0.1, -0.05) is 51.5 Å². The first-order valence-electron chi connectivity index (χ1n) is 8.60. The molecule has 1 heteroatoms. The van der Waals surface area contributed by atoms with Gasteiger partial charge in [0.15, 0.2) is 0 Å². The summed E-state index contributed by atoms with van der Waals surface area (Å²) in [5, 5.41) is 4.01. The van der Waals surface area contributed by atoms with Crippen molar-refractivity contribution in [3.8, 4) is 0 Å². The zero-order valence-electron chi connectivity index (χ0n) is 14.4. The Labute approximate surface area is 130 Å². The fourth-order valence-corrected chi connectivity index (χ4v) is 5.14. The molecule has 116 valence electrons. The van der Waals surface area contributed by atoms with Gasteiger partial charge in [0, 0.05) is 12.1 Å². The highest BCUT2D eigenvalue weighted by atomic mass is 15.0. The van der Waals surface area contributed by atoms with Crippen molar-refractivity contribution in [1.82, 2.24) is 5.32 Å². The maximum absolute atomic E-state index is 4.01. The molecule has 0 spiro atoms. The summed E-state index contributed by atoms with van der Waals surface area (Å²) in [6.45, 7) is 12.0. The van der Waals surface area contributed by atoms with Gasteiger partial charge >= 0.3 is 0 Å². The average molecular weight is 285 g/mol. The van der Waals surface area contributed by atoms with Crippen LogP contribution < -0.4 is 5.32 Å². The number of benzene rings is 1. The SMILES string of the molecule is Cc1ccc2c(c1)C(NC1CC(C)(C)CC(C)(C)C1)CC2. The van der Waals surface area contributed by atoms with Crippen LogP contribution in [0, 0.1) is 17.8 Å². The van der Waals surface area contributed by atoms with Gasteiger partial charge in [0.25, 0.3) is 0 Å². The van der Waals surface area contributed by atoms with Crippen molar-refractivity contribution in [2.75, 3.05) is 0 Å². The molecule has 1 nitrogen and oxygen atoms in total. The molecule has 1 unspecified atom stereocenters. The number of fused-ring (bicyclic) bond motifs is 1. The third-order valence-corrected chi connectivity index (χ3v) is 5.37. The maximum Gasteiger partial charge on any atom is 0.0328 e. The van der Waals surface area contributed by atoms with Crippen LogP contribution in [0.1, 0.15) is 76.1 Å². The average Bonchev–Trinajstić information content (AvgIpc) is 2.67. The van der Waals surface area contributed by atoms with E-state index in [0.29, 0.717) is 22.9 Å². The fraction of sp³-hybridized carbons (Fsp3) is 0.700. The summed E-state index contributed by atoms with van der Waals surface area (Å²) in [7, 11) is 0. The largest absolute Gasteiger partial charge is 0.307 e. The van der Waals surface area contributed by atoms with Gasteiger partial charge in [0.05, 0.1) is 0 Å². The van der Waals surface area contributed by atoms with Gasteiger partial charge in [-0.05, 0) is 61.0 Å². The van der Waals surface area contributed by atoms with E-state index in [0.717, 1.165) is 0 Å². The van der Waals surface area contributed by atoms with Gasteiger partial charge in [-0.15, -0.1) is 0 Å². The van der Waals surface area contributed by atoms with Gasteiger partial charge < -0.3 is 5.32 Å². The maximum atomic E-state index is 4.01. The smallest absolute Gasteiger partial charge is 0.0328 e. The Morgan fingerprint density at radius 3 is 2.38 bits per heavy atom. The first-order chi connectivity index (χ1) is 9.74. The highest BCUT2D eigenvalue weighted by Gasteiger charge is 2.39. The molecule has 1 fully saturated rings. The lowest BCUT2D eigenvalue weighted by molar-refractivity contribution is 0.0802. The minimum Gasteiger partial charge on any atom is -0.307 e. The normalized spacial score (nSPS) is 27.6. The Balaban J connectivity index is 1.75. The molecule has 1 aromatic rings. The monoisotopic (exact) mass is 285 g/mol. The van der Waals surface area contributed by atoms with Crippen LogP contribution in [-0.2, 0) is 6.42 Å². The molecule has 1 aromatic carbocycles. The molecule has 0 amide bonds. The van der Waals surface area contributed by atoms with Gasteiger partial charge in [-0.2, -0.15) is 0 Å². The molecule has 3 rings (SSSR count). The van der Waals surface area contributed by atoms with E-state index >= 15 is 0 Å². The Morgan fingerprint density at radius 2 is 1.71 bits per heavy atom. The van der Waals surface area contributed by atoms with Crippen molar-refractivity contribution in [3.05, 3.63) is 34.9 Å². The number of nitrogens with one attached hydrogen (secondary N) is 1. The van der Waals surface area contributed by atoms with Crippen LogP contribution in [0.4, 0.5) is 0 Å². The second-order valence-electron chi connectivity index (χ2n) is 9.07. The van der Waals surface area contributed by atoms with Crippen molar-refractivity contribution in [2.45, 2.75) is 78.8 Å². The highest BCUT2D eigenvalue weighted by molar-refractivity contribution is 5.37. The molecule has 2 aliphatic rings. The Kier molecular flexibility index (Phi) is 3.68. The van der Waals surface area contributed by atoms with Crippen molar-refractivity contribution >= 4 is 0 Å². The molecular weight excluding hydrogens is 254 g/mol. The predicted octanol–water partition coefficient (Wildman–Crippen LogP) is 5.18. The van der Waals surface area contributed by atoms with Gasteiger partial charge in [-0.3, -0.25) is 0 Å². The third-order valence-electron chi connectivity index (χ3n) is 5.37. The molecule has 1 saturated carbocycles. The summed E-state index contributed by atoms with van der Waals surface area (Å²) >= 11 is 0. The van der Waals surface area contributed by atoms with E-state index in [1.807, 2.05) is 0 Å². The molecule has 21 heavy (non-hydrogen) atoms. The lowest BCUT2D eigenvalue weighted by Gasteiger charge is -2.46. The highest BCUT2D eigenvalue weighted by Crippen LogP contribution is 2.46. The van der Waals surface area contributed by atoms with E-state index < -0.39 is 0 Å². The molecule has 2 aliphatic carbocycles. The van der Waals surface area contributed by atoms with Crippen molar-refractivity contribution in [1.29, 1.82) is 0 Å². The van der Waals surface area contributed by atoms with E-state index in [9.17, 15) is 0 Å². The van der Waals surface area contributed by atoms with Gasteiger partial charge in [0.1, 0.15) is 0 Å².